The third kappa shape index (κ3) is 4.21. The average Bonchev–Trinajstić information content (AvgIpc) is 3.13. The zero-order valence-corrected chi connectivity index (χ0v) is 16.0. The number of tetrazole rings is 1. The van der Waals surface area contributed by atoms with Crippen LogP contribution in [0.2, 0.25) is 0 Å². The van der Waals surface area contributed by atoms with Crippen molar-refractivity contribution in [3.05, 3.63) is 21.4 Å². The molecule has 2 aromatic rings. The molecule has 1 N–H and O–H groups in total. The van der Waals surface area contributed by atoms with Crippen LogP contribution in [0.1, 0.15) is 54.1 Å². The highest BCUT2D eigenvalue weighted by atomic mass is 32.1. The highest BCUT2D eigenvalue weighted by molar-refractivity contribution is 7.11. The Labute approximate surface area is 151 Å². The van der Waals surface area contributed by atoms with Crippen LogP contribution in [0.5, 0.6) is 0 Å². The largest absolute Gasteiger partial charge is 0.346 e. The third-order valence-corrected chi connectivity index (χ3v) is 5.61. The molecule has 136 valence electrons. The number of rotatable bonds is 6. The predicted molar refractivity (Wildman–Crippen MR) is 95.1 cm³/mol. The van der Waals surface area contributed by atoms with Crippen molar-refractivity contribution >= 4 is 17.2 Å². The van der Waals surface area contributed by atoms with Crippen LogP contribution in [0.15, 0.2) is 0 Å². The summed E-state index contributed by atoms with van der Waals surface area (Å²) in [7, 11) is 2.01. The van der Waals surface area contributed by atoms with Gasteiger partial charge in [0.2, 0.25) is 5.91 Å². The van der Waals surface area contributed by atoms with E-state index in [4.69, 9.17) is 0 Å². The van der Waals surface area contributed by atoms with Crippen molar-refractivity contribution in [1.82, 2.24) is 35.4 Å². The fourth-order valence-corrected chi connectivity index (χ4v) is 3.96. The maximum Gasteiger partial charge on any atom is 0.242 e. The molecule has 2 aromatic heterocycles. The summed E-state index contributed by atoms with van der Waals surface area (Å²) >= 11 is 1.73. The summed E-state index contributed by atoms with van der Waals surface area (Å²) < 4.78 is 1.57. The maximum absolute atomic E-state index is 12.5. The second kappa shape index (κ2) is 7.57. The molecule has 8 nitrogen and oxygen atoms in total. The number of thiazole rings is 1. The van der Waals surface area contributed by atoms with Gasteiger partial charge in [0, 0.05) is 10.9 Å². The molecule has 3 rings (SSSR count). The first-order valence-corrected chi connectivity index (χ1v) is 9.46. The van der Waals surface area contributed by atoms with Crippen molar-refractivity contribution in [3.8, 4) is 0 Å². The number of carbonyl (C=O) groups is 1. The molecule has 9 heteroatoms. The highest BCUT2D eigenvalue weighted by Crippen LogP contribution is 2.32. The Morgan fingerprint density at radius 1 is 1.48 bits per heavy atom. The van der Waals surface area contributed by atoms with Gasteiger partial charge in [-0.2, -0.15) is 0 Å². The molecule has 0 fully saturated rings. The number of carbonyl (C=O) groups excluding carboxylic acids is 1. The molecule has 1 aliphatic rings. The molecule has 0 aliphatic heterocycles. The molecule has 0 unspecified atom stereocenters. The second-order valence-corrected chi connectivity index (χ2v) is 8.10. The lowest BCUT2D eigenvalue weighted by Gasteiger charge is -2.23. The number of fused-ring (bicyclic) bond motifs is 1. The van der Waals surface area contributed by atoms with Crippen LogP contribution in [-0.2, 0) is 24.3 Å². The zero-order valence-electron chi connectivity index (χ0n) is 15.2. The van der Waals surface area contributed by atoms with Gasteiger partial charge in [-0.25, -0.2) is 9.67 Å². The van der Waals surface area contributed by atoms with Crippen LogP contribution in [0, 0.1) is 6.92 Å². The summed E-state index contributed by atoms with van der Waals surface area (Å²) in [6, 6.07) is 0.381. The van der Waals surface area contributed by atoms with E-state index in [2.05, 4.69) is 44.6 Å². The summed E-state index contributed by atoms with van der Waals surface area (Å²) in [6.45, 7) is 6.97. The van der Waals surface area contributed by atoms with Gasteiger partial charge in [0.15, 0.2) is 5.82 Å². The predicted octanol–water partition coefficient (Wildman–Crippen LogP) is 1.47. The van der Waals surface area contributed by atoms with Gasteiger partial charge in [-0.15, -0.1) is 16.4 Å². The van der Waals surface area contributed by atoms with E-state index in [1.807, 2.05) is 14.0 Å². The van der Waals surface area contributed by atoms with E-state index >= 15 is 0 Å². The number of aromatic nitrogens is 5. The SMILES string of the molecule is Cc1nc2c(s1)CCC[C@@H]2NC(=O)Cn1nnnc1CN(C)C(C)C. The first kappa shape index (κ1) is 17.9. The minimum absolute atomic E-state index is 0.000492. The molecule has 0 radical (unpaired) electrons. The number of aryl methyl sites for hydroxylation is 2. The fraction of sp³-hybridized carbons (Fsp3) is 0.688. The van der Waals surface area contributed by atoms with Crippen LogP contribution in [0.25, 0.3) is 0 Å². The topological polar surface area (TPSA) is 88.8 Å². The van der Waals surface area contributed by atoms with Crippen molar-refractivity contribution < 1.29 is 4.79 Å². The quantitative estimate of drug-likeness (QED) is 0.836. The Kier molecular flexibility index (Phi) is 5.43. The Hall–Kier alpha value is -1.87. The van der Waals surface area contributed by atoms with Crippen LogP contribution < -0.4 is 5.32 Å². The van der Waals surface area contributed by atoms with Crippen molar-refractivity contribution in [1.29, 1.82) is 0 Å². The summed E-state index contributed by atoms with van der Waals surface area (Å²) in [6.07, 6.45) is 3.07. The molecule has 0 saturated heterocycles. The number of amides is 1. The Morgan fingerprint density at radius 3 is 3.04 bits per heavy atom. The third-order valence-electron chi connectivity index (χ3n) is 4.57. The Bertz CT molecular complexity index is 739. The molecule has 1 amide bonds. The van der Waals surface area contributed by atoms with Crippen molar-refractivity contribution in [2.45, 2.75) is 65.2 Å². The molecular formula is C16H25N7OS. The molecule has 0 bridgehead atoms. The van der Waals surface area contributed by atoms with Crippen molar-refractivity contribution in [3.63, 3.8) is 0 Å². The van der Waals surface area contributed by atoms with E-state index in [9.17, 15) is 4.79 Å². The minimum atomic E-state index is -0.0794. The zero-order chi connectivity index (χ0) is 18.0. The van der Waals surface area contributed by atoms with E-state index in [-0.39, 0.29) is 18.5 Å². The van der Waals surface area contributed by atoms with Gasteiger partial charge in [-0.3, -0.25) is 9.69 Å². The number of hydrogen-bond donors (Lipinski definition) is 1. The van der Waals surface area contributed by atoms with E-state index < -0.39 is 0 Å². The molecule has 1 aliphatic carbocycles. The first-order valence-electron chi connectivity index (χ1n) is 8.65. The Balaban J connectivity index is 1.63. The molecular weight excluding hydrogens is 338 g/mol. The fourth-order valence-electron chi connectivity index (χ4n) is 2.92. The van der Waals surface area contributed by atoms with Gasteiger partial charge in [0.1, 0.15) is 6.54 Å². The van der Waals surface area contributed by atoms with Crippen LogP contribution >= 0.6 is 11.3 Å². The lowest BCUT2D eigenvalue weighted by Crippen LogP contribution is -2.35. The van der Waals surface area contributed by atoms with E-state index in [0.717, 1.165) is 30.0 Å². The lowest BCUT2D eigenvalue weighted by atomic mass is 9.97. The number of nitrogens with zero attached hydrogens (tertiary/aromatic N) is 6. The lowest BCUT2D eigenvalue weighted by molar-refractivity contribution is -0.122. The van der Waals surface area contributed by atoms with E-state index in [1.165, 1.54) is 4.88 Å². The van der Waals surface area contributed by atoms with Crippen LogP contribution in [-0.4, -0.2) is 49.1 Å². The number of hydrogen-bond acceptors (Lipinski definition) is 7. The van der Waals surface area contributed by atoms with Crippen LogP contribution in [0.4, 0.5) is 0 Å². The van der Waals surface area contributed by atoms with Crippen molar-refractivity contribution in [2.75, 3.05) is 7.05 Å². The van der Waals surface area contributed by atoms with E-state index in [0.29, 0.717) is 18.4 Å². The van der Waals surface area contributed by atoms with Gasteiger partial charge in [0.25, 0.3) is 0 Å². The molecule has 0 spiro atoms. The van der Waals surface area contributed by atoms with Gasteiger partial charge in [-0.05, 0) is 57.5 Å². The number of nitrogens with one attached hydrogen (secondary N) is 1. The smallest absolute Gasteiger partial charge is 0.242 e. The molecule has 0 saturated carbocycles. The summed E-state index contributed by atoms with van der Waals surface area (Å²) in [5.41, 5.74) is 1.04. The molecule has 1 atom stereocenters. The van der Waals surface area contributed by atoms with Crippen molar-refractivity contribution in [2.24, 2.45) is 0 Å². The Morgan fingerprint density at radius 2 is 2.28 bits per heavy atom. The van der Waals surface area contributed by atoms with Gasteiger partial charge in [-0.1, -0.05) is 0 Å². The standard InChI is InChI=1S/C16H25N7OS/c1-10(2)22(4)8-14-19-20-21-23(14)9-15(24)18-12-6-5-7-13-16(12)17-11(3)25-13/h10,12H,5-9H2,1-4H3,(H,18,24)/t12-/m0/s1. The highest BCUT2D eigenvalue weighted by Gasteiger charge is 2.26. The maximum atomic E-state index is 12.5. The summed E-state index contributed by atoms with van der Waals surface area (Å²) in [5.74, 6) is 0.615. The first-order chi connectivity index (χ1) is 11.9. The second-order valence-electron chi connectivity index (χ2n) is 6.82. The molecule has 0 aromatic carbocycles. The molecule has 2 heterocycles. The van der Waals surface area contributed by atoms with Gasteiger partial charge >= 0.3 is 0 Å². The summed E-state index contributed by atoms with van der Waals surface area (Å²) in [4.78, 5) is 20.5. The minimum Gasteiger partial charge on any atom is -0.346 e. The monoisotopic (exact) mass is 363 g/mol. The van der Waals surface area contributed by atoms with Crippen LogP contribution in [0.3, 0.4) is 0 Å². The van der Waals surface area contributed by atoms with Gasteiger partial charge in [0.05, 0.1) is 23.3 Å². The summed E-state index contributed by atoms with van der Waals surface area (Å²) in [5, 5.41) is 15.9. The normalized spacial score (nSPS) is 17.1. The average molecular weight is 363 g/mol. The van der Waals surface area contributed by atoms with E-state index in [1.54, 1.807) is 16.0 Å². The molecule has 25 heavy (non-hydrogen) atoms. The van der Waals surface area contributed by atoms with Gasteiger partial charge < -0.3 is 5.32 Å².